The van der Waals surface area contributed by atoms with Gasteiger partial charge in [0.05, 0.1) is 34.1 Å². The van der Waals surface area contributed by atoms with Crippen molar-refractivity contribution in [3.8, 4) is 23.4 Å². The summed E-state index contributed by atoms with van der Waals surface area (Å²) in [6.07, 6.45) is 18.8. The molecule has 0 spiro atoms. The summed E-state index contributed by atoms with van der Waals surface area (Å²) in [5, 5.41) is 12.3. The number of nitrogens with one attached hydrogen (secondary N) is 3. The van der Waals surface area contributed by atoms with Gasteiger partial charge in [-0.2, -0.15) is 27.0 Å². The molecule has 6 fully saturated rings. The number of aromatic nitrogens is 6. The van der Waals surface area contributed by atoms with Gasteiger partial charge in [0.1, 0.15) is 11.0 Å². The summed E-state index contributed by atoms with van der Waals surface area (Å²) < 4.78 is 70.0. The summed E-state index contributed by atoms with van der Waals surface area (Å²) in [5.74, 6) is 7.21. The number of sulfonamides is 2. The minimum Gasteiger partial charge on any atom is -0.477 e. The average Bonchev–Trinajstić information content (AvgIpc) is 1.63. The number of rotatable bonds is 21. The first-order valence-corrected chi connectivity index (χ1v) is 32.8. The van der Waals surface area contributed by atoms with E-state index >= 15 is 0 Å². The number of carbonyl (C=O) groups excluding carboxylic acids is 2. The summed E-state index contributed by atoms with van der Waals surface area (Å²) in [6.45, 7) is 16.4. The molecule has 6 aliphatic rings. The Morgan fingerprint density at radius 3 is 1.42 bits per heavy atom. The van der Waals surface area contributed by atoms with Crippen LogP contribution in [0, 0.1) is 47.3 Å². The van der Waals surface area contributed by atoms with Crippen LogP contribution in [0.2, 0.25) is 5.15 Å². The van der Waals surface area contributed by atoms with E-state index in [2.05, 4.69) is 71.7 Å². The van der Waals surface area contributed by atoms with Gasteiger partial charge in [-0.05, 0) is 207 Å². The van der Waals surface area contributed by atoms with Crippen LogP contribution in [0.3, 0.4) is 0 Å². The first kappa shape index (κ1) is 68.1. The third-order valence-electron chi connectivity index (χ3n) is 16.8. The molecule has 18 nitrogen and oxygen atoms in total. The molecule has 4 aliphatic carbocycles. The lowest BCUT2D eigenvalue weighted by molar-refractivity contribution is 0.0972. The summed E-state index contributed by atoms with van der Waals surface area (Å²) in [7, 11) is -8.07. The van der Waals surface area contributed by atoms with E-state index in [4.69, 9.17) is 26.1 Å². The van der Waals surface area contributed by atoms with Crippen molar-refractivity contribution >= 4 is 88.7 Å². The van der Waals surface area contributed by atoms with Crippen LogP contribution in [0.25, 0.3) is 11.6 Å². The monoisotopic (exact) mass is 1290 g/mol. The topological polar surface area (TPSA) is 222 Å². The van der Waals surface area contributed by atoms with Gasteiger partial charge < -0.3 is 19.7 Å². The molecule has 2 aliphatic heterocycles. The summed E-state index contributed by atoms with van der Waals surface area (Å²) in [4.78, 5) is 37.2. The van der Waals surface area contributed by atoms with Crippen LogP contribution in [0.5, 0.6) is 11.8 Å². The molecule has 2 saturated heterocycles. The van der Waals surface area contributed by atoms with Crippen molar-refractivity contribution in [2.75, 3.05) is 31.2 Å². The Morgan fingerprint density at radius 2 is 1.05 bits per heavy atom. The van der Waals surface area contributed by atoms with Crippen LogP contribution in [0.15, 0.2) is 119 Å². The van der Waals surface area contributed by atoms with Crippen molar-refractivity contribution in [1.82, 2.24) is 44.3 Å². The zero-order valence-electron chi connectivity index (χ0n) is 49.8. The third kappa shape index (κ3) is 17.9. The van der Waals surface area contributed by atoms with Gasteiger partial charge in [-0.3, -0.25) is 9.59 Å². The van der Waals surface area contributed by atoms with E-state index in [0.717, 1.165) is 60.7 Å². The van der Waals surface area contributed by atoms with Crippen LogP contribution in [0.4, 0.5) is 5.82 Å². The van der Waals surface area contributed by atoms with Crippen molar-refractivity contribution in [1.29, 1.82) is 0 Å². The van der Waals surface area contributed by atoms with Crippen molar-refractivity contribution in [3.05, 3.63) is 126 Å². The number of benzene rings is 2. The fraction of sp³-hybridized carbons (Fsp3) is 0.516. The fourth-order valence-electron chi connectivity index (χ4n) is 12.2. The molecule has 2 atom stereocenters. The van der Waals surface area contributed by atoms with Crippen LogP contribution in [-0.2, 0) is 20.0 Å². The van der Waals surface area contributed by atoms with Gasteiger partial charge in [-0.25, -0.2) is 45.6 Å². The molecule has 4 aromatic heterocycles. The maximum Gasteiger partial charge on any atom is 0.268 e. The van der Waals surface area contributed by atoms with Crippen molar-refractivity contribution in [2.24, 2.45) is 47.3 Å². The lowest BCUT2D eigenvalue weighted by Gasteiger charge is -2.34. The lowest BCUT2D eigenvalue weighted by Crippen LogP contribution is -2.41. The van der Waals surface area contributed by atoms with E-state index in [1.54, 1.807) is 77.7 Å². The van der Waals surface area contributed by atoms with E-state index in [1.807, 2.05) is 10.8 Å². The number of amides is 2. The zero-order valence-corrected chi connectivity index (χ0v) is 55.0. The molecule has 468 valence electrons. The van der Waals surface area contributed by atoms with E-state index in [1.165, 1.54) is 99.3 Å². The normalized spacial score (nSPS) is 19.3. The number of halogens is 2. The fourth-order valence-corrected chi connectivity index (χ4v) is 14.4. The summed E-state index contributed by atoms with van der Waals surface area (Å²) >= 11 is 6.21. The largest absolute Gasteiger partial charge is 0.477 e. The highest BCUT2D eigenvalue weighted by Gasteiger charge is 2.43. The van der Waals surface area contributed by atoms with E-state index in [-0.39, 0.29) is 71.0 Å². The molecular formula is C62H84Cl2N10O8S4. The highest BCUT2D eigenvalue weighted by molar-refractivity contribution is 7.90. The second-order valence-corrected chi connectivity index (χ2v) is 28.7. The number of carbonyl (C=O) groups is 2. The van der Waals surface area contributed by atoms with Crippen LogP contribution in [-0.4, -0.2) is 95.6 Å². The van der Waals surface area contributed by atoms with Crippen molar-refractivity contribution in [3.63, 3.8) is 0 Å². The first-order chi connectivity index (χ1) is 39.6. The molecule has 0 unspecified atom stereocenters. The predicted molar refractivity (Wildman–Crippen MR) is 347 cm³/mol. The number of hydrogen-bond donors (Lipinski definition) is 3. The van der Waals surface area contributed by atoms with Crippen LogP contribution in [0.1, 0.15) is 139 Å². The molecule has 0 radical (unpaired) electrons. The van der Waals surface area contributed by atoms with Crippen LogP contribution >= 0.6 is 51.0 Å². The molecule has 2 amide bonds. The highest BCUT2D eigenvalue weighted by Crippen LogP contribution is 2.51. The average molecular weight is 1300 g/mol. The van der Waals surface area contributed by atoms with Crippen molar-refractivity contribution < 1.29 is 35.9 Å². The Bertz CT molecular complexity index is 3450. The number of nitrogens with zero attached hydrogens (tertiary/aromatic N) is 7. The molecule has 12 rings (SSSR count). The molecule has 24 heteroatoms. The van der Waals surface area contributed by atoms with Crippen LogP contribution < -0.4 is 29.1 Å². The van der Waals surface area contributed by atoms with Gasteiger partial charge in [-0.15, -0.1) is 22.6 Å². The Labute approximate surface area is 532 Å². The molecule has 6 aromatic rings. The van der Waals surface area contributed by atoms with Gasteiger partial charge in [0, 0.05) is 42.1 Å². The van der Waals surface area contributed by atoms with Crippen molar-refractivity contribution in [2.45, 2.75) is 139 Å². The molecule has 3 N–H and O–H groups in total. The second kappa shape index (κ2) is 28.9. The van der Waals surface area contributed by atoms with Gasteiger partial charge in [0.15, 0.2) is 11.6 Å². The Kier molecular flexibility index (Phi) is 22.9. The molecular weight excluding hydrogens is 1210 g/mol. The molecule has 6 heterocycles. The number of ether oxygens (including phenoxy) is 2. The highest BCUT2D eigenvalue weighted by atomic mass is 35.5. The van der Waals surface area contributed by atoms with Gasteiger partial charge in [0.2, 0.25) is 11.8 Å². The molecule has 86 heavy (non-hydrogen) atoms. The minimum absolute atomic E-state index is 0. The minimum atomic E-state index is -4.04. The van der Waals surface area contributed by atoms with E-state index < -0.39 is 31.9 Å². The third-order valence-corrected chi connectivity index (χ3v) is 19.8. The second-order valence-electron chi connectivity index (χ2n) is 25.0. The number of pyridine rings is 2. The predicted octanol–water partition coefficient (Wildman–Crippen LogP) is 11.5. The summed E-state index contributed by atoms with van der Waals surface area (Å²) in [6, 6.07) is 25.4. The quantitative estimate of drug-likeness (QED) is 0.0571. The lowest BCUT2D eigenvalue weighted by atomic mass is 9.95. The molecule has 4 saturated carbocycles. The number of anilines is 1. The Morgan fingerprint density at radius 1 is 0.616 bits per heavy atom. The van der Waals surface area contributed by atoms with Gasteiger partial charge in [0.25, 0.3) is 31.9 Å². The SMILES string of the molecule is C[C@@H]1CN(c2nc(-n3ccc(OCCC(C4CC4)C4CC4)n3)ccc2C(=O)NS(=O)(=O)c2ccccc2)C(C)(C)C1.C[C@@H]1CNC(C)(C)C1.Cl.O=C(NS(=O)(=O)c1ccccc1)c1ccc(-n2ccc(OCCC(C3CC3)C3CC3)n2)nc1Cl.S.S. The van der Waals surface area contributed by atoms with Gasteiger partial charge in [-0.1, -0.05) is 61.8 Å². The maximum atomic E-state index is 13.4. The smallest absolute Gasteiger partial charge is 0.268 e. The van der Waals surface area contributed by atoms with E-state index in [9.17, 15) is 26.4 Å². The molecule has 0 bridgehead atoms. The zero-order chi connectivity index (χ0) is 58.7. The first-order valence-electron chi connectivity index (χ1n) is 29.4. The maximum absolute atomic E-state index is 13.4. The van der Waals surface area contributed by atoms with Gasteiger partial charge >= 0.3 is 0 Å². The standard InChI is InChI=1S/C31H39N5O4S.C24H25ClN4O4S.C7H15N.ClH.2H2S/c1-21-19-31(2,3)35(20-21)29-26(30(37)34-41(38,39)24-7-5-4-6-8-24)13-14-27(32-29)36-17-15-28(33-36)40-18-16-25(22-9-10-22)23-11-12-23;25-23-20(24(30)28-34(31,32)18-4-2-1-3-5-18)10-11-21(26-23)29-14-12-22(27-29)33-15-13-19(16-6-7-16)17-8-9-17;1-6-4-7(2,3)8-5-6;;;/h4-8,13-15,17,21-23,25H,9-12,16,18-20H2,1-3H3,(H,34,37);1-5,10-12,14,16-17,19H,6-9,13,15H2,(H,28,30);6,8H,4-5H2,1-3H3;1H;2*1H2/t21-;;6-;;;/m0.0.../s1. The summed E-state index contributed by atoms with van der Waals surface area (Å²) in [5.41, 5.74) is 0.292. The van der Waals surface area contributed by atoms with E-state index in [0.29, 0.717) is 60.4 Å². The molecule has 2 aromatic carbocycles. The Balaban J connectivity index is 0.000000213. The Hall–Kier alpha value is -5.36. The number of hydrogen-bond acceptors (Lipinski definition) is 14.